The lowest BCUT2D eigenvalue weighted by Gasteiger charge is -2.48. The summed E-state index contributed by atoms with van der Waals surface area (Å²) in [6, 6.07) is 1.76. The van der Waals surface area contributed by atoms with Crippen LogP contribution in [0.4, 0.5) is 0 Å². The number of hydrogen-bond acceptors (Lipinski definition) is 5. The van der Waals surface area contributed by atoms with Crippen LogP contribution < -0.4 is 0 Å². The molecule has 0 bridgehead atoms. The van der Waals surface area contributed by atoms with E-state index in [-0.39, 0.29) is 0 Å². The normalized spacial score (nSPS) is 37.6. The van der Waals surface area contributed by atoms with Crippen molar-refractivity contribution in [3.63, 3.8) is 0 Å². The lowest BCUT2D eigenvalue weighted by atomic mass is 9.63. The van der Waals surface area contributed by atoms with Gasteiger partial charge in [-0.2, -0.15) is 0 Å². The van der Waals surface area contributed by atoms with Gasteiger partial charge in [0.1, 0.15) is 6.10 Å². The minimum absolute atomic E-state index is 0.491. The van der Waals surface area contributed by atoms with Gasteiger partial charge in [0.2, 0.25) is 0 Å². The molecular weight excluding hydrogens is 260 g/mol. The van der Waals surface area contributed by atoms with Crippen molar-refractivity contribution < 1.29 is 24.2 Å². The van der Waals surface area contributed by atoms with Crippen LogP contribution in [-0.2, 0) is 9.53 Å². The SMILES string of the molecule is CC1=C2[C@H](O)C(=O)O[C@H](c3ccoc3)[C@]2(C)CC[C@@H]1O. The third-order valence-electron chi connectivity index (χ3n) is 4.63. The van der Waals surface area contributed by atoms with Crippen molar-refractivity contribution in [2.45, 2.75) is 45.0 Å². The molecule has 1 aliphatic heterocycles. The van der Waals surface area contributed by atoms with E-state index >= 15 is 0 Å². The molecule has 108 valence electrons. The number of rotatable bonds is 1. The lowest BCUT2D eigenvalue weighted by Crippen LogP contribution is -2.49. The van der Waals surface area contributed by atoms with Crippen LogP contribution in [0.25, 0.3) is 0 Å². The standard InChI is InChI=1S/C15H18O5/c1-8-10(16)3-5-15(2)11(8)12(17)14(18)20-13(15)9-4-6-19-7-9/h4,6-7,10,12-13,16-17H,3,5H2,1-2H3/t10-,12-,13+,15+/m0/s1. The van der Waals surface area contributed by atoms with Crippen LogP contribution in [0, 0.1) is 5.41 Å². The minimum atomic E-state index is -1.29. The van der Waals surface area contributed by atoms with E-state index in [1.807, 2.05) is 6.92 Å². The number of fused-ring (bicyclic) bond motifs is 1. The molecule has 0 unspecified atom stereocenters. The summed E-state index contributed by atoms with van der Waals surface area (Å²) in [7, 11) is 0. The van der Waals surface area contributed by atoms with Gasteiger partial charge in [-0.1, -0.05) is 6.92 Å². The molecule has 2 heterocycles. The maximum atomic E-state index is 11.9. The summed E-state index contributed by atoms with van der Waals surface area (Å²) in [5.74, 6) is -0.669. The second kappa shape index (κ2) is 4.46. The first-order valence-electron chi connectivity index (χ1n) is 6.75. The fourth-order valence-electron chi connectivity index (χ4n) is 3.51. The molecule has 1 aromatic heterocycles. The molecule has 1 aromatic rings. The topological polar surface area (TPSA) is 79.9 Å². The highest BCUT2D eigenvalue weighted by Gasteiger charge is 2.53. The van der Waals surface area contributed by atoms with Crippen molar-refractivity contribution in [2.75, 3.05) is 0 Å². The molecule has 2 N–H and O–H groups in total. The largest absolute Gasteiger partial charge is 0.472 e. The first-order chi connectivity index (χ1) is 9.45. The zero-order valence-electron chi connectivity index (χ0n) is 11.5. The second-order valence-corrected chi connectivity index (χ2v) is 5.84. The summed E-state index contributed by atoms with van der Waals surface area (Å²) in [4.78, 5) is 11.9. The summed E-state index contributed by atoms with van der Waals surface area (Å²) < 4.78 is 10.5. The number of furan rings is 1. The van der Waals surface area contributed by atoms with Gasteiger partial charge in [-0.15, -0.1) is 0 Å². The average molecular weight is 278 g/mol. The van der Waals surface area contributed by atoms with E-state index in [0.29, 0.717) is 24.0 Å². The van der Waals surface area contributed by atoms with Crippen LogP contribution >= 0.6 is 0 Å². The molecule has 5 nitrogen and oxygen atoms in total. The van der Waals surface area contributed by atoms with Gasteiger partial charge in [0.25, 0.3) is 0 Å². The van der Waals surface area contributed by atoms with E-state index in [0.717, 1.165) is 5.56 Å². The van der Waals surface area contributed by atoms with Gasteiger partial charge >= 0.3 is 5.97 Å². The van der Waals surface area contributed by atoms with Gasteiger partial charge in [0.05, 0.1) is 18.6 Å². The van der Waals surface area contributed by atoms with Crippen molar-refractivity contribution in [3.05, 3.63) is 35.3 Å². The van der Waals surface area contributed by atoms with Crippen LogP contribution in [0.15, 0.2) is 34.2 Å². The summed E-state index contributed by atoms with van der Waals surface area (Å²) in [5.41, 5.74) is 1.53. The lowest BCUT2D eigenvalue weighted by molar-refractivity contribution is -0.174. The van der Waals surface area contributed by atoms with Gasteiger partial charge in [0.15, 0.2) is 6.10 Å². The Morgan fingerprint density at radius 2 is 2.15 bits per heavy atom. The van der Waals surface area contributed by atoms with E-state index in [1.165, 1.54) is 6.26 Å². The van der Waals surface area contributed by atoms with E-state index in [4.69, 9.17) is 9.15 Å². The number of ether oxygens (including phenoxy) is 1. The molecule has 5 heteroatoms. The van der Waals surface area contributed by atoms with E-state index < -0.39 is 29.7 Å². The third-order valence-corrected chi connectivity index (χ3v) is 4.63. The zero-order valence-corrected chi connectivity index (χ0v) is 11.5. The summed E-state index contributed by atoms with van der Waals surface area (Å²) in [6.45, 7) is 3.73. The monoisotopic (exact) mass is 278 g/mol. The zero-order chi connectivity index (χ0) is 14.5. The minimum Gasteiger partial charge on any atom is -0.472 e. The number of aliphatic hydroxyl groups excluding tert-OH is 2. The molecule has 0 amide bonds. The summed E-state index contributed by atoms with van der Waals surface area (Å²) in [5, 5.41) is 20.2. The van der Waals surface area contributed by atoms with Crippen molar-refractivity contribution in [3.8, 4) is 0 Å². The quantitative estimate of drug-likeness (QED) is 0.604. The van der Waals surface area contributed by atoms with E-state index in [9.17, 15) is 15.0 Å². The first kappa shape index (κ1) is 13.4. The Morgan fingerprint density at radius 1 is 1.40 bits per heavy atom. The molecule has 0 aromatic carbocycles. The van der Waals surface area contributed by atoms with Crippen molar-refractivity contribution >= 4 is 5.97 Å². The molecule has 2 aliphatic rings. The Bertz CT molecular complexity index is 559. The molecule has 1 saturated heterocycles. The summed E-state index contributed by atoms with van der Waals surface area (Å²) >= 11 is 0. The van der Waals surface area contributed by atoms with Crippen LogP contribution in [0.2, 0.25) is 0 Å². The molecule has 0 spiro atoms. The maximum Gasteiger partial charge on any atom is 0.339 e. The summed E-state index contributed by atoms with van der Waals surface area (Å²) in [6.07, 6.45) is 1.92. The Labute approximate surface area is 116 Å². The van der Waals surface area contributed by atoms with Crippen molar-refractivity contribution in [1.29, 1.82) is 0 Å². The number of carbonyl (C=O) groups is 1. The molecule has 1 fully saturated rings. The number of aliphatic hydroxyl groups is 2. The Kier molecular flexibility index (Phi) is 2.99. The molecule has 20 heavy (non-hydrogen) atoms. The predicted molar refractivity (Wildman–Crippen MR) is 69.6 cm³/mol. The van der Waals surface area contributed by atoms with Crippen molar-refractivity contribution in [1.82, 2.24) is 0 Å². The van der Waals surface area contributed by atoms with Gasteiger partial charge in [-0.05, 0) is 37.0 Å². The van der Waals surface area contributed by atoms with Gasteiger partial charge in [-0.3, -0.25) is 0 Å². The van der Waals surface area contributed by atoms with Crippen LogP contribution in [0.3, 0.4) is 0 Å². The second-order valence-electron chi connectivity index (χ2n) is 5.84. The Hall–Kier alpha value is -1.59. The molecule has 4 atom stereocenters. The van der Waals surface area contributed by atoms with E-state index in [2.05, 4.69) is 0 Å². The van der Waals surface area contributed by atoms with Gasteiger partial charge in [-0.25, -0.2) is 4.79 Å². The van der Waals surface area contributed by atoms with Crippen molar-refractivity contribution in [2.24, 2.45) is 5.41 Å². The number of carbonyl (C=O) groups excluding carboxylic acids is 1. The maximum absolute atomic E-state index is 11.9. The van der Waals surface area contributed by atoms with Gasteiger partial charge in [0, 0.05) is 11.0 Å². The highest BCUT2D eigenvalue weighted by molar-refractivity contribution is 5.81. The van der Waals surface area contributed by atoms with Gasteiger partial charge < -0.3 is 19.4 Å². The third kappa shape index (κ3) is 1.73. The van der Waals surface area contributed by atoms with Crippen LogP contribution in [0.5, 0.6) is 0 Å². The highest BCUT2D eigenvalue weighted by Crippen LogP contribution is 2.54. The van der Waals surface area contributed by atoms with Crippen LogP contribution in [0.1, 0.15) is 38.4 Å². The average Bonchev–Trinajstić information content (AvgIpc) is 2.93. The molecule has 0 saturated carbocycles. The highest BCUT2D eigenvalue weighted by atomic mass is 16.6. The molecular formula is C15H18O5. The molecule has 1 aliphatic carbocycles. The molecule has 3 rings (SSSR count). The predicted octanol–water partition coefficient (Wildman–Crippen LogP) is 1.72. The smallest absolute Gasteiger partial charge is 0.339 e. The number of cyclic esters (lactones) is 1. The fraction of sp³-hybridized carbons (Fsp3) is 0.533. The van der Waals surface area contributed by atoms with Crippen LogP contribution in [-0.4, -0.2) is 28.4 Å². The Balaban J connectivity index is 2.14. The first-order valence-corrected chi connectivity index (χ1v) is 6.75. The van der Waals surface area contributed by atoms with E-state index in [1.54, 1.807) is 19.3 Å². The Morgan fingerprint density at radius 3 is 2.80 bits per heavy atom. The number of hydrogen-bond donors (Lipinski definition) is 2. The molecule has 0 radical (unpaired) electrons. The number of esters is 1. The fourth-order valence-corrected chi connectivity index (χ4v) is 3.51.